The number of aromatic nitrogens is 4. The van der Waals surface area contributed by atoms with Crippen molar-refractivity contribution in [2.45, 2.75) is 51.1 Å². The highest BCUT2D eigenvalue weighted by atomic mass is 19.1. The van der Waals surface area contributed by atoms with Gasteiger partial charge in [0.25, 0.3) is 0 Å². The lowest BCUT2D eigenvalue weighted by atomic mass is 9.94. The number of ether oxygens (including phenoxy) is 2. The summed E-state index contributed by atoms with van der Waals surface area (Å²) in [5.41, 5.74) is -0.713. The molecule has 0 bridgehead atoms. The van der Waals surface area contributed by atoms with Gasteiger partial charge in [0, 0.05) is 54.6 Å². The van der Waals surface area contributed by atoms with E-state index in [0.29, 0.717) is 55.7 Å². The van der Waals surface area contributed by atoms with Crippen LogP contribution in [0.1, 0.15) is 32.3 Å². The van der Waals surface area contributed by atoms with Crippen LogP contribution in [0.15, 0.2) is 30.7 Å². The molecular weight excluding hydrogens is 489 g/mol. The van der Waals surface area contributed by atoms with Gasteiger partial charge in [-0.1, -0.05) is 0 Å². The first-order chi connectivity index (χ1) is 18.4. The molecule has 3 saturated heterocycles. The van der Waals surface area contributed by atoms with Gasteiger partial charge >= 0.3 is 0 Å². The molecular formula is C27H34FN7O3. The van der Waals surface area contributed by atoms with E-state index in [1.165, 1.54) is 6.92 Å². The minimum Gasteiger partial charge on any atom is -0.390 e. The van der Waals surface area contributed by atoms with E-state index >= 15 is 0 Å². The molecule has 0 saturated carbocycles. The Morgan fingerprint density at radius 3 is 2.74 bits per heavy atom. The number of aliphatic hydroxyl groups is 1. The summed E-state index contributed by atoms with van der Waals surface area (Å²) in [7, 11) is 0. The van der Waals surface area contributed by atoms with Crippen LogP contribution in [0.4, 0.5) is 27.8 Å². The first kappa shape index (κ1) is 25.1. The number of hydrogen-bond donors (Lipinski definition) is 2. The molecule has 10 nitrogen and oxygen atoms in total. The van der Waals surface area contributed by atoms with Crippen molar-refractivity contribution >= 4 is 34.2 Å². The number of anilines is 4. The van der Waals surface area contributed by atoms with Gasteiger partial charge in [-0.2, -0.15) is 4.98 Å². The largest absolute Gasteiger partial charge is 0.390 e. The van der Waals surface area contributed by atoms with E-state index < -0.39 is 11.8 Å². The van der Waals surface area contributed by atoms with Crippen LogP contribution in [-0.2, 0) is 16.1 Å². The Labute approximate surface area is 221 Å². The number of alkyl halides is 1. The molecule has 0 amide bonds. The molecule has 38 heavy (non-hydrogen) atoms. The van der Waals surface area contributed by atoms with Gasteiger partial charge in [0.05, 0.1) is 39.1 Å². The molecule has 0 unspecified atom stereocenters. The average molecular weight is 524 g/mol. The predicted molar refractivity (Wildman–Crippen MR) is 143 cm³/mol. The van der Waals surface area contributed by atoms with E-state index in [4.69, 9.17) is 14.5 Å². The molecule has 202 valence electrons. The maximum Gasteiger partial charge on any atom is 0.227 e. The highest BCUT2D eigenvalue weighted by Crippen LogP contribution is 2.34. The fourth-order valence-electron chi connectivity index (χ4n) is 5.15. The van der Waals surface area contributed by atoms with Crippen molar-refractivity contribution in [2.75, 3.05) is 54.6 Å². The molecule has 6 heterocycles. The van der Waals surface area contributed by atoms with Crippen LogP contribution in [0, 0.1) is 5.92 Å². The molecule has 0 aromatic carbocycles. The Morgan fingerprint density at radius 1 is 1.16 bits per heavy atom. The summed E-state index contributed by atoms with van der Waals surface area (Å²) in [6, 6.07) is 4.21. The Morgan fingerprint density at radius 2 is 2.03 bits per heavy atom. The lowest BCUT2D eigenvalue weighted by Gasteiger charge is -2.40. The van der Waals surface area contributed by atoms with Crippen LogP contribution >= 0.6 is 0 Å². The normalized spacial score (nSPS) is 25.8. The maximum absolute atomic E-state index is 14.7. The SMILES string of the molecule is C[C@@H]1CCN1c1ncc(COCC2COC2)c2cc(Nc3ccnc(N4CC[C@@H](O)[C@@](C)(F)C4)n3)ncc12. The van der Waals surface area contributed by atoms with Crippen LogP contribution in [0.3, 0.4) is 0 Å². The monoisotopic (exact) mass is 523 g/mol. The Hall–Kier alpha value is -3.15. The molecule has 3 aliphatic rings. The second-order valence-electron chi connectivity index (χ2n) is 10.8. The molecule has 0 radical (unpaired) electrons. The first-order valence-electron chi connectivity index (χ1n) is 13.3. The van der Waals surface area contributed by atoms with Gasteiger partial charge in [-0.05, 0) is 44.2 Å². The van der Waals surface area contributed by atoms with Gasteiger partial charge in [-0.3, -0.25) is 0 Å². The summed E-state index contributed by atoms with van der Waals surface area (Å²) in [6.07, 6.45) is 5.90. The van der Waals surface area contributed by atoms with E-state index in [9.17, 15) is 9.50 Å². The zero-order chi connectivity index (χ0) is 26.3. The van der Waals surface area contributed by atoms with E-state index in [0.717, 1.165) is 48.3 Å². The third kappa shape index (κ3) is 4.97. The van der Waals surface area contributed by atoms with E-state index in [1.807, 2.05) is 18.5 Å². The molecule has 3 aromatic rings. The topological polar surface area (TPSA) is 109 Å². The molecule has 0 aliphatic carbocycles. The van der Waals surface area contributed by atoms with Gasteiger partial charge in [-0.25, -0.2) is 19.3 Å². The highest BCUT2D eigenvalue weighted by molar-refractivity contribution is 5.95. The average Bonchev–Trinajstić information content (AvgIpc) is 2.87. The first-order valence-corrected chi connectivity index (χ1v) is 13.3. The van der Waals surface area contributed by atoms with E-state index in [2.05, 4.69) is 32.1 Å². The van der Waals surface area contributed by atoms with Crippen LogP contribution in [0.5, 0.6) is 0 Å². The van der Waals surface area contributed by atoms with Crippen molar-refractivity contribution in [2.24, 2.45) is 5.92 Å². The van der Waals surface area contributed by atoms with Gasteiger partial charge in [0.1, 0.15) is 17.5 Å². The zero-order valence-corrected chi connectivity index (χ0v) is 21.8. The molecule has 3 aromatic heterocycles. The fourth-order valence-corrected chi connectivity index (χ4v) is 5.15. The number of piperidine rings is 1. The number of hydrogen-bond acceptors (Lipinski definition) is 10. The van der Waals surface area contributed by atoms with Gasteiger partial charge in [-0.15, -0.1) is 0 Å². The number of pyridine rings is 2. The molecule has 11 heteroatoms. The molecule has 6 rings (SSSR count). The molecule has 3 fully saturated rings. The van der Waals surface area contributed by atoms with Crippen molar-refractivity contribution < 1.29 is 19.0 Å². The Kier molecular flexibility index (Phi) is 6.75. The Bertz CT molecular complexity index is 1300. The van der Waals surface area contributed by atoms with Crippen LogP contribution < -0.4 is 15.1 Å². The van der Waals surface area contributed by atoms with Crippen molar-refractivity contribution in [1.29, 1.82) is 0 Å². The van der Waals surface area contributed by atoms with E-state index in [-0.39, 0.29) is 6.54 Å². The third-order valence-electron chi connectivity index (χ3n) is 7.79. The summed E-state index contributed by atoms with van der Waals surface area (Å²) in [5, 5.41) is 15.3. The van der Waals surface area contributed by atoms with Gasteiger partial charge in [0.2, 0.25) is 5.95 Å². The number of halogens is 1. The highest BCUT2D eigenvalue weighted by Gasteiger charge is 2.39. The van der Waals surface area contributed by atoms with Crippen LogP contribution in [0.2, 0.25) is 0 Å². The number of nitrogens with zero attached hydrogens (tertiary/aromatic N) is 6. The zero-order valence-electron chi connectivity index (χ0n) is 21.8. The Balaban J connectivity index is 1.25. The standard InChI is InChI=1S/C27H34FN7O3/c1-17-4-8-35(17)25-21-11-30-24(9-20(21)19(10-31-25)15-38-14-18-12-37-13-18)32-23-3-6-29-26(33-23)34-7-5-22(36)27(2,28)16-34/h3,6,9-11,17-18,22,36H,4-5,7-8,12-16H2,1-2H3,(H,29,30,32,33)/t17-,22-,27+/m1/s1. The number of rotatable bonds is 8. The third-order valence-corrected chi connectivity index (χ3v) is 7.79. The number of nitrogens with one attached hydrogen (secondary N) is 1. The quantitative estimate of drug-likeness (QED) is 0.457. The maximum atomic E-state index is 14.7. The van der Waals surface area contributed by atoms with Crippen LogP contribution in [0.25, 0.3) is 10.8 Å². The predicted octanol–water partition coefficient (Wildman–Crippen LogP) is 3.22. The summed E-state index contributed by atoms with van der Waals surface area (Å²) < 4.78 is 26.0. The number of aliphatic hydroxyl groups excluding tert-OH is 1. The minimum atomic E-state index is -1.71. The fraction of sp³-hybridized carbons (Fsp3) is 0.556. The second kappa shape index (κ2) is 10.2. The van der Waals surface area contributed by atoms with E-state index in [1.54, 1.807) is 17.2 Å². The summed E-state index contributed by atoms with van der Waals surface area (Å²) in [5.74, 6) is 3.01. The second-order valence-corrected chi connectivity index (χ2v) is 10.8. The lowest BCUT2D eigenvalue weighted by Crippen LogP contribution is -2.52. The minimum absolute atomic E-state index is 0.0346. The smallest absolute Gasteiger partial charge is 0.227 e. The van der Waals surface area contributed by atoms with Crippen molar-refractivity contribution in [3.8, 4) is 0 Å². The molecule has 3 atom stereocenters. The summed E-state index contributed by atoms with van der Waals surface area (Å²) in [4.78, 5) is 22.5. The summed E-state index contributed by atoms with van der Waals surface area (Å²) >= 11 is 0. The van der Waals surface area contributed by atoms with Crippen molar-refractivity contribution in [3.05, 3.63) is 36.3 Å². The summed E-state index contributed by atoms with van der Waals surface area (Å²) in [6.45, 7) is 7.76. The van der Waals surface area contributed by atoms with Gasteiger partial charge < -0.3 is 29.7 Å². The number of fused-ring (bicyclic) bond motifs is 1. The van der Waals surface area contributed by atoms with Crippen LogP contribution in [-0.4, -0.2) is 82.3 Å². The van der Waals surface area contributed by atoms with Gasteiger partial charge in [0.15, 0.2) is 5.67 Å². The molecule has 3 aliphatic heterocycles. The van der Waals surface area contributed by atoms with Crippen molar-refractivity contribution in [3.63, 3.8) is 0 Å². The molecule has 0 spiro atoms. The lowest BCUT2D eigenvalue weighted by molar-refractivity contribution is -0.0744. The molecule has 2 N–H and O–H groups in total. The van der Waals surface area contributed by atoms with Crippen molar-refractivity contribution in [1.82, 2.24) is 19.9 Å².